The van der Waals surface area contributed by atoms with Gasteiger partial charge < -0.3 is 19.1 Å². The number of amides is 1. The van der Waals surface area contributed by atoms with Crippen molar-refractivity contribution < 1.29 is 19.0 Å². The van der Waals surface area contributed by atoms with Crippen LogP contribution in [0.4, 0.5) is 0 Å². The van der Waals surface area contributed by atoms with Crippen molar-refractivity contribution in [3.8, 4) is 17.2 Å². The minimum Gasteiger partial charge on any atom is -0.490 e. The maximum atomic E-state index is 13.6. The Labute approximate surface area is 214 Å². The van der Waals surface area contributed by atoms with E-state index in [9.17, 15) is 4.79 Å². The smallest absolute Gasteiger partial charge is 0.254 e. The average molecular weight is 489 g/mol. The normalized spacial score (nSPS) is 14.1. The van der Waals surface area contributed by atoms with E-state index in [4.69, 9.17) is 14.2 Å². The molecule has 1 amide bonds. The van der Waals surface area contributed by atoms with Crippen molar-refractivity contribution in [3.05, 3.63) is 89.5 Å². The Morgan fingerprint density at radius 1 is 0.722 bits per heavy atom. The van der Waals surface area contributed by atoms with Gasteiger partial charge in [-0.1, -0.05) is 60.7 Å². The molecule has 6 heteroatoms. The Kier molecular flexibility index (Phi) is 8.85. The second-order valence-electron chi connectivity index (χ2n) is 8.65. The lowest BCUT2D eigenvalue weighted by Crippen LogP contribution is -2.49. The van der Waals surface area contributed by atoms with Crippen molar-refractivity contribution in [2.75, 3.05) is 46.0 Å². The summed E-state index contributed by atoms with van der Waals surface area (Å²) in [5.74, 6) is 1.62. The molecule has 0 radical (unpaired) electrons. The zero-order valence-electron chi connectivity index (χ0n) is 21.5. The molecule has 0 aliphatic carbocycles. The van der Waals surface area contributed by atoms with Gasteiger partial charge in [-0.25, -0.2) is 0 Å². The molecular formula is C30H36N2O4. The summed E-state index contributed by atoms with van der Waals surface area (Å²) in [5.41, 5.74) is 3.08. The number of carbonyl (C=O) groups excluding carboxylic acids is 1. The number of hydrogen-bond donors (Lipinski definition) is 0. The molecule has 1 fully saturated rings. The van der Waals surface area contributed by atoms with Crippen LogP contribution in [0.3, 0.4) is 0 Å². The summed E-state index contributed by atoms with van der Waals surface area (Å²) in [4.78, 5) is 17.9. The van der Waals surface area contributed by atoms with E-state index in [-0.39, 0.29) is 11.9 Å². The van der Waals surface area contributed by atoms with Gasteiger partial charge >= 0.3 is 0 Å². The molecule has 3 aromatic rings. The maximum Gasteiger partial charge on any atom is 0.254 e. The zero-order valence-corrected chi connectivity index (χ0v) is 21.5. The molecule has 0 saturated carbocycles. The minimum atomic E-state index is -0.0180. The molecule has 1 aliphatic rings. The summed E-state index contributed by atoms with van der Waals surface area (Å²) >= 11 is 0. The molecule has 36 heavy (non-hydrogen) atoms. The van der Waals surface area contributed by atoms with Crippen LogP contribution in [0, 0.1) is 0 Å². The lowest BCUT2D eigenvalue weighted by molar-refractivity contribution is 0.0596. The first-order chi connectivity index (χ1) is 17.7. The van der Waals surface area contributed by atoms with Crippen LogP contribution in [0.5, 0.6) is 17.2 Å². The average Bonchev–Trinajstić information content (AvgIpc) is 2.92. The second kappa shape index (κ2) is 12.5. The van der Waals surface area contributed by atoms with Gasteiger partial charge in [-0.15, -0.1) is 0 Å². The fourth-order valence-electron chi connectivity index (χ4n) is 4.76. The summed E-state index contributed by atoms with van der Waals surface area (Å²) < 4.78 is 17.4. The molecule has 0 atom stereocenters. The van der Waals surface area contributed by atoms with Gasteiger partial charge in [-0.2, -0.15) is 0 Å². The minimum absolute atomic E-state index is 0.0180. The molecule has 0 bridgehead atoms. The molecule has 4 rings (SSSR count). The van der Waals surface area contributed by atoms with Crippen LogP contribution in [-0.4, -0.2) is 61.7 Å². The van der Waals surface area contributed by atoms with E-state index >= 15 is 0 Å². The summed E-state index contributed by atoms with van der Waals surface area (Å²) in [5, 5.41) is 0. The largest absolute Gasteiger partial charge is 0.490 e. The van der Waals surface area contributed by atoms with Gasteiger partial charge in [0, 0.05) is 31.7 Å². The van der Waals surface area contributed by atoms with Crippen molar-refractivity contribution in [1.29, 1.82) is 0 Å². The Balaban J connectivity index is 1.54. The SMILES string of the molecule is CCOc1cc(C(=O)N2CCN(C(c3ccccc3)c3ccccc3)CC2)cc(OCC)c1OCC. The monoisotopic (exact) mass is 488 g/mol. The highest BCUT2D eigenvalue weighted by atomic mass is 16.5. The summed E-state index contributed by atoms with van der Waals surface area (Å²) in [7, 11) is 0. The van der Waals surface area contributed by atoms with Crippen LogP contribution in [0.2, 0.25) is 0 Å². The lowest BCUT2D eigenvalue weighted by atomic mass is 9.96. The number of ether oxygens (including phenoxy) is 3. The highest BCUT2D eigenvalue weighted by Gasteiger charge is 2.29. The van der Waals surface area contributed by atoms with Crippen LogP contribution < -0.4 is 14.2 Å². The van der Waals surface area contributed by atoms with Crippen LogP contribution in [0.15, 0.2) is 72.8 Å². The first kappa shape index (κ1) is 25.6. The van der Waals surface area contributed by atoms with E-state index in [1.54, 1.807) is 12.1 Å². The molecule has 6 nitrogen and oxygen atoms in total. The van der Waals surface area contributed by atoms with Crippen molar-refractivity contribution in [1.82, 2.24) is 9.80 Å². The van der Waals surface area contributed by atoms with E-state index in [1.165, 1.54) is 11.1 Å². The van der Waals surface area contributed by atoms with E-state index in [0.717, 1.165) is 13.1 Å². The molecule has 3 aromatic carbocycles. The first-order valence-corrected chi connectivity index (χ1v) is 12.9. The predicted molar refractivity (Wildman–Crippen MR) is 142 cm³/mol. The molecule has 0 aromatic heterocycles. The molecule has 190 valence electrons. The van der Waals surface area contributed by atoms with Gasteiger partial charge in [0.2, 0.25) is 5.75 Å². The van der Waals surface area contributed by atoms with E-state index in [1.807, 2.05) is 37.8 Å². The molecule has 0 spiro atoms. The van der Waals surface area contributed by atoms with Crippen molar-refractivity contribution in [2.45, 2.75) is 26.8 Å². The Hall–Kier alpha value is -3.51. The standard InChI is InChI=1S/C30H36N2O4/c1-4-34-26-21-25(22-27(35-5-2)29(26)36-6-3)30(33)32-19-17-31(18-20-32)28(23-13-9-7-10-14-23)24-15-11-8-12-16-24/h7-16,21-22,28H,4-6,17-20H2,1-3H3. The summed E-state index contributed by atoms with van der Waals surface area (Å²) in [6.45, 7) is 10.1. The maximum absolute atomic E-state index is 13.6. The molecule has 1 saturated heterocycles. The third-order valence-electron chi connectivity index (χ3n) is 6.35. The highest BCUT2D eigenvalue weighted by molar-refractivity contribution is 5.95. The van der Waals surface area contributed by atoms with Gasteiger partial charge in [0.05, 0.1) is 25.9 Å². The Bertz CT molecular complexity index is 1050. The topological polar surface area (TPSA) is 51.2 Å². The first-order valence-electron chi connectivity index (χ1n) is 12.9. The van der Waals surface area contributed by atoms with Gasteiger partial charge in [-0.3, -0.25) is 9.69 Å². The van der Waals surface area contributed by atoms with Crippen LogP contribution in [-0.2, 0) is 0 Å². The van der Waals surface area contributed by atoms with Crippen molar-refractivity contribution in [3.63, 3.8) is 0 Å². The lowest BCUT2D eigenvalue weighted by Gasteiger charge is -2.40. The van der Waals surface area contributed by atoms with Crippen molar-refractivity contribution in [2.24, 2.45) is 0 Å². The fraction of sp³-hybridized carbons (Fsp3) is 0.367. The van der Waals surface area contributed by atoms with Crippen LogP contribution >= 0.6 is 0 Å². The molecular weight excluding hydrogens is 452 g/mol. The van der Waals surface area contributed by atoms with Gasteiger partial charge in [0.15, 0.2) is 11.5 Å². The van der Waals surface area contributed by atoms with E-state index in [2.05, 4.69) is 53.4 Å². The van der Waals surface area contributed by atoms with Crippen LogP contribution in [0.25, 0.3) is 0 Å². The fourth-order valence-corrected chi connectivity index (χ4v) is 4.76. The number of rotatable bonds is 10. The number of hydrogen-bond acceptors (Lipinski definition) is 5. The Morgan fingerprint density at radius 2 is 1.19 bits per heavy atom. The quantitative estimate of drug-likeness (QED) is 0.381. The van der Waals surface area contributed by atoms with Crippen LogP contribution in [0.1, 0.15) is 48.3 Å². The summed E-state index contributed by atoms with van der Waals surface area (Å²) in [6, 6.07) is 24.9. The number of benzene rings is 3. The van der Waals surface area contributed by atoms with Crippen molar-refractivity contribution >= 4 is 5.91 Å². The van der Waals surface area contributed by atoms with E-state index in [0.29, 0.717) is 55.7 Å². The molecule has 0 unspecified atom stereocenters. The predicted octanol–water partition coefficient (Wildman–Crippen LogP) is 5.43. The Morgan fingerprint density at radius 3 is 1.64 bits per heavy atom. The number of nitrogens with zero attached hydrogens (tertiary/aromatic N) is 2. The third-order valence-corrected chi connectivity index (χ3v) is 6.35. The molecule has 0 N–H and O–H groups in total. The summed E-state index contributed by atoms with van der Waals surface area (Å²) in [6.07, 6.45) is 0. The number of piperazine rings is 1. The molecule has 1 heterocycles. The van der Waals surface area contributed by atoms with E-state index < -0.39 is 0 Å². The zero-order chi connectivity index (χ0) is 25.3. The highest BCUT2D eigenvalue weighted by Crippen LogP contribution is 2.39. The van der Waals surface area contributed by atoms with Gasteiger partial charge in [0.25, 0.3) is 5.91 Å². The second-order valence-corrected chi connectivity index (χ2v) is 8.65. The molecule has 1 aliphatic heterocycles. The number of carbonyl (C=O) groups is 1. The third kappa shape index (κ3) is 5.82. The van der Waals surface area contributed by atoms with Gasteiger partial charge in [0.1, 0.15) is 0 Å². The van der Waals surface area contributed by atoms with Gasteiger partial charge in [-0.05, 0) is 44.0 Å².